The van der Waals surface area contributed by atoms with Gasteiger partial charge in [-0.25, -0.2) is 0 Å². The molecular weight excluding hydrogens is 609 g/mol. The van der Waals surface area contributed by atoms with E-state index in [0.29, 0.717) is 12.1 Å². The van der Waals surface area contributed by atoms with Crippen LogP contribution in [0.4, 0.5) is 0 Å². The highest BCUT2D eigenvalue weighted by Gasteiger charge is 2.21. The second kappa shape index (κ2) is 11.3. The van der Waals surface area contributed by atoms with Crippen molar-refractivity contribution in [2.45, 2.75) is 0 Å². The van der Waals surface area contributed by atoms with Crippen molar-refractivity contribution in [3.8, 4) is 44.5 Å². The van der Waals surface area contributed by atoms with Crippen LogP contribution in [-0.4, -0.2) is 0 Å². The molecule has 0 radical (unpaired) electrons. The van der Waals surface area contributed by atoms with Gasteiger partial charge < -0.3 is 0 Å². The second-order valence-electron chi connectivity index (χ2n) is 12.6. The van der Waals surface area contributed by atoms with Crippen LogP contribution in [0.3, 0.4) is 0 Å². The first-order valence-electron chi connectivity index (χ1n) is 17.7. The fraction of sp³-hybridized carbons (Fsp3) is 0. The Morgan fingerprint density at radius 2 is 0.980 bits per heavy atom. The highest BCUT2D eigenvalue weighted by atomic mass is 32.1. The van der Waals surface area contributed by atoms with Gasteiger partial charge in [0, 0.05) is 20.2 Å². The number of fused-ring (bicyclic) bond motifs is 6. The zero-order valence-corrected chi connectivity index (χ0v) is 27.4. The lowest BCUT2D eigenvalue weighted by Crippen LogP contribution is -1.93. The minimum Gasteiger partial charge on any atom is -0.135 e. The van der Waals surface area contributed by atoms with E-state index in [1.807, 2.05) is 35.6 Å². The summed E-state index contributed by atoms with van der Waals surface area (Å²) in [5.74, 6) is 0. The molecule has 0 fully saturated rings. The lowest BCUT2D eigenvalue weighted by molar-refractivity contribution is 1.63. The standard InChI is InChI=1S/C48H30S/c1-2-15-32(16-3-1)35-28-29-42(47-43-24-12-13-25-44(43)49-48(35)47)36-18-6-7-19-37(36)46-40-22-10-8-20-38(40)45(39-21-9-11-23-41(39)46)34-27-26-31-14-4-5-17-33(31)30-34/h1-30H/i1D,4D. The maximum atomic E-state index is 8.12. The molecule has 1 heteroatoms. The molecule has 0 aliphatic rings. The maximum Gasteiger partial charge on any atom is 0.0623 e. The van der Waals surface area contributed by atoms with Crippen molar-refractivity contribution in [2.24, 2.45) is 0 Å². The van der Waals surface area contributed by atoms with E-state index in [0.717, 1.165) is 16.3 Å². The van der Waals surface area contributed by atoms with E-state index in [1.54, 1.807) is 0 Å². The molecule has 0 unspecified atom stereocenters. The molecule has 0 aliphatic heterocycles. The monoisotopic (exact) mass is 640 g/mol. The van der Waals surface area contributed by atoms with Crippen LogP contribution < -0.4 is 0 Å². The minimum absolute atomic E-state index is 0.519. The fourth-order valence-corrected chi connectivity index (χ4v) is 9.06. The van der Waals surface area contributed by atoms with Crippen molar-refractivity contribution in [1.29, 1.82) is 0 Å². The molecule has 1 aromatic heterocycles. The molecule has 0 saturated heterocycles. The fourth-order valence-electron chi connectivity index (χ4n) is 7.79. The first-order valence-corrected chi connectivity index (χ1v) is 17.5. The highest BCUT2D eigenvalue weighted by Crippen LogP contribution is 2.50. The molecule has 0 N–H and O–H groups in total. The average Bonchev–Trinajstić information content (AvgIpc) is 3.57. The van der Waals surface area contributed by atoms with Crippen LogP contribution in [0.15, 0.2) is 182 Å². The summed E-state index contributed by atoms with van der Waals surface area (Å²) in [6.07, 6.45) is 0. The Balaban J connectivity index is 1.27. The number of hydrogen-bond acceptors (Lipinski definition) is 1. The smallest absolute Gasteiger partial charge is 0.0623 e. The van der Waals surface area contributed by atoms with E-state index >= 15 is 0 Å². The first-order chi connectivity index (χ1) is 25.1. The molecule has 0 spiro atoms. The van der Waals surface area contributed by atoms with E-state index in [-0.39, 0.29) is 0 Å². The molecule has 0 bridgehead atoms. The summed E-state index contributed by atoms with van der Waals surface area (Å²) >= 11 is 1.85. The summed E-state index contributed by atoms with van der Waals surface area (Å²) in [5, 5.41) is 9.63. The van der Waals surface area contributed by atoms with Gasteiger partial charge >= 0.3 is 0 Å². The summed E-state index contributed by atoms with van der Waals surface area (Å²) in [6, 6.07) is 61.4. The minimum atomic E-state index is 0.519. The molecule has 0 aliphatic carbocycles. The van der Waals surface area contributed by atoms with Crippen LogP contribution in [0.1, 0.15) is 2.74 Å². The SMILES string of the molecule is [2H]c1ccc(-c2ccc(-c3ccccc3-c3c4ccccc4c(-c4ccc5cc([2H])ccc5c4)c4ccccc34)c3c2sc2ccccc23)cc1. The van der Waals surface area contributed by atoms with Crippen molar-refractivity contribution in [1.82, 2.24) is 0 Å². The first kappa shape index (κ1) is 26.0. The zero-order valence-electron chi connectivity index (χ0n) is 28.6. The number of thiophene rings is 1. The van der Waals surface area contributed by atoms with Gasteiger partial charge in [-0.3, -0.25) is 0 Å². The van der Waals surface area contributed by atoms with Gasteiger partial charge in [-0.15, -0.1) is 11.3 Å². The quantitative estimate of drug-likeness (QED) is 0.168. The molecule has 0 atom stereocenters. The Hall–Kier alpha value is -6.02. The van der Waals surface area contributed by atoms with Gasteiger partial charge in [0.2, 0.25) is 0 Å². The van der Waals surface area contributed by atoms with Crippen LogP contribution in [0.2, 0.25) is 0 Å². The third-order valence-electron chi connectivity index (χ3n) is 9.95. The van der Waals surface area contributed by atoms with Gasteiger partial charge in [0.05, 0.1) is 2.74 Å². The van der Waals surface area contributed by atoms with E-state index in [9.17, 15) is 0 Å². The van der Waals surface area contributed by atoms with Crippen LogP contribution in [0.5, 0.6) is 0 Å². The number of benzene rings is 9. The van der Waals surface area contributed by atoms with Gasteiger partial charge in [-0.1, -0.05) is 170 Å². The van der Waals surface area contributed by atoms with E-state index in [4.69, 9.17) is 2.74 Å². The Kier molecular flexibility index (Phi) is 6.00. The summed E-state index contributed by atoms with van der Waals surface area (Å²) in [7, 11) is 0. The Labute approximate surface area is 292 Å². The van der Waals surface area contributed by atoms with Crippen molar-refractivity contribution < 1.29 is 2.74 Å². The van der Waals surface area contributed by atoms with Crippen LogP contribution in [0, 0.1) is 0 Å². The largest absolute Gasteiger partial charge is 0.135 e. The van der Waals surface area contributed by atoms with Crippen molar-refractivity contribution in [3.05, 3.63) is 182 Å². The molecule has 228 valence electrons. The molecule has 1 heterocycles. The van der Waals surface area contributed by atoms with Crippen LogP contribution in [0.25, 0.3) is 97.0 Å². The molecule has 0 amide bonds. The van der Waals surface area contributed by atoms with Gasteiger partial charge in [0.1, 0.15) is 0 Å². The molecule has 0 saturated carbocycles. The predicted molar refractivity (Wildman–Crippen MR) is 214 cm³/mol. The predicted octanol–water partition coefficient (Wildman–Crippen LogP) is 14.2. The van der Waals surface area contributed by atoms with E-state index < -0.39 is 0 Å². The topological polar surface area (TPSA) is 0 Å². The van der Waals surface area contributed by atoms with Crippen LogP contribution >= 0.6 is 11.3 Å². The van der Waals surface area contributed by atoms with E-state index in [2.05, 4.69) is 146 Å². The third kappa shape index (κ3) is 4.44. The molecule has 9 aromatic carbocycles. The lowest BCUT2D eigenvalue weighted by Gasteiger charge is -2.20. The Bertz CT molecular complexity index is 2930. The third-order valence-corrected chi connectivity index (χ3v) is 11.2. The Morgan fingerprint density at radius 1 is 0.367 bits per heavy atom. The maximum absolute atomic E-state index is 8.12. The summed E-state index contributed by atoms with van der Waals surface area (Å²) in [4.78, 5) is 0. The summed E-state index contributed by atoms with van der Waals surface area (Å²) < 4.78 is 18.7. The van der Waals surface area contributed by atoms with Gasteiger partial charge in [0.15, 0.2) is 0 Å². The molecule has 10 aromatic rings. The molecule has 49 heavy (non-hydrogen) atoms. The average molecular weight is 641 g/mol. The number of hydrogen-bond donors (Lipinski definition) is 0. The van der Waals surface area contributed by atoms with E-state index in [1.165, 1.54) is 80.7 Å². The van der Waals surface area contributed by atoms with Gasteiger partial charge in [0.25, 0.3) is 0 Å². The normalized spacial score (nSPS) is 12.2. The van der Waals surface area contributed by atoms with Crippen LogP contribution in [-0.2, 0) is 0 Å². The Morgan fingerprint density at radius 3 is 1.73 bits per heavy atom. The van der Waals surface area contributed by atoms with Crippen molar-refractivity contribution in [3.63, 3.8) is 0 Å². The summed E-state index contributed by atoms with van der Waals surface area (Å²) in [6.45, 7) is 0. The van der Waals surface area contributed by atoms with Gasteiger partial charge in [-0.2, -0.15) is 0 Å². The second-order valence-corrected chi connectivity index (χ2v) is 13.7. The van der Waals surface area contributed by atoms with Crippen molar-refractivity contribution >= 4 is 63.8 Å². The molecular formula is C48H30S. The zero-order chi connectivity index (χ0) is 34.1. The number of rotatable bonds is 4. The molecule has 0 nitrogen and oxygen atoms in total. The summed E-state index contributed by atoms with van der Waals surface area (Å²) in [5.41, 5.74) is 9.61. The lowest BCUT2D eigenvalue weighted by atomic mass is 9.83. The van der Waals surface area contributed by atoms with Gasteiger partial charge in [-0.05, 0) is 89.0 Å². The highest BCUT2D eigenvalue weighted by molar-refractivity contribution is 7.26. The van der Waals surface area contributed by atoms with Crippen molar-refractivity contribution in [2.75, 3.05) is 0 Å². The molecule has 10 rings (SSSR count).